The zero-order chi connectivity index (χ0) is 16.8. The molecule has 0 fully saturated rings. The second-order valence-corrected chi connectivity index (χ2v) is 5.27. The molecule has 0 aliphatic carbocycles. The maximum atomic E-state index is 11.8. The molecule has 122 valence electrons. The molecular weight excluding hydrogens is 296 g/mol. The van der Waals surface area contributed by atoms with E-state index in [0.717, 1.165) is 17.1 Å². The molecule has 3 N–H and O–H groups in total. The maximum absolute atomic E-state index is 11.8. The van der Waals surface area contributed by atoms with Crippen molar-refractivity contribution in [3.05, 3.63) is 41.7 Å². The highest BCUT2D eigenvalue weighted by Gasteiger charge is 2.06. The fourth-order valence-corrected chi connectivity index (χ4v) is 2.22. The van der Waals surface area contributed by atoms with Gasteiger partial charge in [-0.2, -0.15) is 5.10 Å². The number of hydrogen-bond donors (Lipinski definition) is 3. The Morgan fingerprint density at radius 1 is 1.26 bits per heavy atom. The summed E-state index contributed by atoms with van der Waals surface area (Å²) in [6.07, 6.45) is 0.433. The number of carbonyl (C=O) groups is 2. The second-order valence-electron chi connectivity index (χ2n) is 5.27. The van der Waals surface area contributed by atoms with Crippen LogP contribution in [0.3, 0.4) is 0 Å². The lowest BCUT2D eigenvalue weighted by atomic mass is 10.2. The van der Waals surface area contributed by atoms with Crippen molar-refractivity contribution in [2.45, 2.75) is 26.7 Å². The molecule has 7 heteroatoms. The first-order valence-corrected chi connectivity index (χ1v) is 7.36. The number of benzene rings is 1. The average molecular weight is 316 g/mol. The number of rotatable bonds is 6. The Kier molecular flexibility index (Phi) is 5.35. The summed E-state index contributed by atoms with van der Waals surface area (Å²) in [5, 5.41) is 18.3. The van der Waals surface area contributed by atoms with E-state index in [1.165, 1.54) is 0 Å². The van der Waals surface area contributed by atoms with E-state index in [0.29, 0.717) is 18.7 Å². The standard InChI is InChI=1S/C16H20N4O3/c1-11-9-12(2)20(19-11)14-6-3-5-13(10-14)18-16(23)17-8-4-7-15(21)22/h3,5-6,9-10H,4,7-8H2,1-2H3,(H,21,22)(H2,17,18,23). The number of aromatic nitrogens is 2. The number of urea groups is 1. The SMILES string of the molecule is Cc1cc(C)n(-c2cccc(NC(=O)NCCCC(=O)O)c2)n1. The van der Waals surface area contributed by atoms with E-state index in [9.17, 15) is 9.59 Å². The lowest BCUT2D eigenvalue weighted by Gasteiger charge is -2.09. The Hall–Kier alpha value is -2.83. The van der Waals surface area contributed by atoms with Crippen molar-refractivity contribution >= 4 is 17.7 Å². The topological polar surface area (TPSA) is 96.2 Å². The summed E-state index contributed by atoms with van der Waals surface area (Å²) in [7, 11) is 0. The Labute approximate surface area is 134 Å². The van der Waals surface area contributed by atoms with E-state index in [2.05, 4.69) is 15.7 Å². The molecule has 1 aromatic heterocycles. The largest absolute Gasteiger partial charge is 0.481 e. The van der Waals surface area contributed by atoms with Crippen LogP contribution in [0, 0.1) is 13.8 Å². The fraction of sp³-hybridized carbons (Fsp3) is 0.312. The van der Waals surface area contributed by atoms with Crippen LogP contribution < -0.4 is 10.6 Å². The van der Waals surface area contributed by atoms with Crippen molar-refractivity contribution in [2.75, 3.05) is 11.9 Å². The molecule has 0 aliphatic heterocycles. The number of carbonyl (C=O) groups excluding carboxylic acids is 1. The smallest absolute Gasteiger partial charge is 0.319 e. The highest BCUT2D eigenvalue weighted by atomic mass is 16.4. The van der Waals surface area contributed by atoms with Gasteiger partial charge in [-0.05, 0) is 44.5 Å². The zero-order valence-corrected chi connectivity index (χ0v) is 13.2. The van der Waals surface area contributed by atoms with Crippen molar-refractivity contribution in [2.24, 2.45) is 0 Å². The van der Waals surface area contributed by atoms with Gasteiger partial charge in [-0.25, -0.2) is 9.48 Å². The molecule has 1 aromatic carbocycles. The van der Waals surface area contributed by atoms with Crippen LogP contribution in [0.4, 0.5) is 10.5 Å². The van der Waals surface area contributed by atoms with Crippen LogP contribution in [0.15, 0.2) is 30.3 Å². The predicted octanol–water partition coefficient (Wildman–Crippen LogP) is 2.48. The van der Waals surface area contributed by atoms with Crippen LogP contribution in [-0.4, -0.2) is 33.4 Å². The van der Waals surface area contributed by atoms with Crippen molar-refractivity contribution in [1.82, 2.24) is 15.1 Å². The number of amides is 2. The third kappa shape index (κ3) is 4.84. The fourth-order valence-electron chi connectivity index (χ4n) is 2.22. The lowest BCUT2D eigenvalue weighted by Crippen LogP contribution is -2.29. The third-order valence-corrected chi connectivity index (χ3v) is 3.21. The van der Waals surface area contributed by atoms with Crippen LogP contribution in [-0.2, 0) is 4.79 Å². The van der Waals surface area contributed by atoms with Crippen LogP contribution in [0.25, 0.3) is 5.69 Å². The summed E-state index contributed by atoms with van der Waals surface area (Å²) in [6, 6.07) is 8.99. The van der Waals surface area contributed by atoms with Gasteiger partial charge in [0.1, 0.15) is 0 Å². The number of aliphatic carboxylic acids is 1. The molecule has 0 saturated heterocycles. The number of carboxylic acids is 1. The first-order chi connectivity index (χ1) is 11.0. The van der Waals surface area contributed by atoms with Gasteiger partial charge in [0.05, 0.1) is 11.4 Å². The minimum absolute atomic E-state index is 0.0354. The first kappa shape index (κ1) is 16.5. The molecule has 2 rings (SSSR count). The summed E-state index contributed by atoms with van der Waals surface area (Å²) in [4.78, 5) is 22.2. The Morgan fingerprint density at radius 3 is 2.70 bits per heavy atom. The monoisotopic (exact) mass is 316 g/mol. The molecule has 2 aromatic rings. The van der Waals surface area contributed by atoms with E-state index >= 15 is 0 Å². The van der Waals surface area contributed by atoms with Gasteiger partial charge in [-0.3, -0.25) is 4.79 Å². The number of nitrogens with zero attached hydrogens (tertiary/aromatic N) is 2. The normalized spacial score (nSPS) is 10.3. The van der Waals surface area contributed by atoms with E-state index in [1.54, 1.807) is 6.07 Å². The molecule has 0 spiro atoms. The number of hydrogen-bond acceptors (Lipinski definition) is 3. The summed E-state index contributed by atoms with van der Waals surface area (Å²) in [6.45, 7) is 4.21. The molecule has 0 atom stereocenters. The van der Waals surface area contributed by atoms with Gasteiger partial charge in [0.15, 0.2) is 0 Å². The molecule has 0 bridgehead atoms. The van der Waals surface area contributed by atoms with Gasteiger partial charge in [-0.1, -0.05) is 6.07 Å². The van der Waals surface area contributed by atoms with Gasteiger partial charge in [0, 0.05) is 24.3 Å². The van der Waals surface area contributed by atoms with Crippen LogP contribution in [0.1, 0.15) is 24.2 Å². The van der Waals surface area contributed by atoms with Gasteiger partial charge < -0.3 is 15.7 Å². The Balaban J connectivity index is 1.96. The summed E-state index contributed by atoms with van der Waals surface area (Å²) in [5.41, 5.74) is 3.44. The molecule has 0 unspecified atom stereocenters. The van der Waals surface area contributed by atoms with Gasteiger partial charge in [-0.15, -0.1) is 0 Å². The van der Waals surface area contributed by atoms with Crippen molar-refractivity contribution in [3.63, 3.8) is 0 Å². The maximum Gasteiger partial charge on any atom is 0.319 e. The van der Waals surface area contributed by atoms with E-state index in [1.807, 2.05) is 42.8 Å². The van der Waals surface area contributed by atoms with Gasteiger partial charge in [0.25, 0.3) is 0 Å². The lowest BCUT2D eigenvalue weighted by molar-refractivity contribution is -0.137. The third-order valence-electron chi connectivity index (χ3n) is 3.21. The average Bonchev–Trinajstić information content (AvgIpc) is 2.82. The minimum Gasteiger partial charge on any atom is -0.481 e. The molecule has 1 heterocycles. The van der Waals surface area contributed by atoms with Crippen LogP contribution in [0.5, 0.6) is 0 Å². The summed E-state index contributed by atoms with van der Waals surface area (Å²) >= 11 is 0. The highest BCUT2D eigenvalue weighted by Crippen LogP contribution is 2.16. The van der Waals surface area contributed by atoms with Crippen LogP contribution in [0.2, 0.25) is 0 Å². The molecule has 0 aliphatic rings. The van der Waals surface area contributed by atoms with Crippen molar-refractivity contribution < 1.29 is 14.7 Å². The first-order valence-electron chi connectivity index (χ1n) is 7.36. The second kappa shape index (κ2) is 7.44. The Bertz CT molecular complexity index is 709. The molecule has 0 saturated carbocycles. The van der Waals surface area contributed by atoms with Crippen molar-refractivity contribution in [1.29, 1.82) is 0 Å². The van der Waals surface area contributed by atoms with E-state index in [4.69, 9.17) is 5.11 Å². The van der Waals surface area contributed by atoms with Crippen molar-refractivity contribution in [3.8, 4) is 5.69 Å². The number of aryl methyl sites for hydroxylation is 2. The number of nitrogens with one attached hydrogen (secondary N) is 2. The van der Waals surface area contributed by atoms with E-state index < -0.39 is 5.97 Å². The molecule has 0 radical (unpaired) electrons. The number of anilines is 1. The van der Waals surface area contributed by atoms with Crippen LogP contribution >= 0.6 is 0 Å². The molecule has 2 amide bonds. The van der Waals surface area contributed by atoms with Gasteiger partial charge in [0.2, 0.25) is 0 Å². The minimum atomic E-state index is -0.871. The Morgan fingerprint density at radius 2 is 2.04 bits per heavy atom. The highest BCUT2D eigenvalue weighted by molar-refractivity contribution is 5.89. The van der Waals surface area contributed by atoms with E-state index in [-0.39, 0.29) is 12.5 Å². The zero-order valence-electron chi connectivity index (χ0n) is 13.2. The summed E-state index contributed by atoms with van der Waals surface area (Å²) in [5.74, 6) is -0.871. The summed E-state index contributed by atoms with van der Waals surface area (Å²) < 4.78 is 1.81. The quantitative estimate of drug-likeness (QED) is 0.713. The molecule has 23 heavy (non-hydrogen) atoms. The predicted molar refractivity (Wildman–Crippen MR) is 86.9 cm³/mol. The molecule has 7 nitrogen and oxygen atoms in total. The molecular formula is C16H20N4O3. The van der Waals surface area contributed by atoms with Gasteiger partial charge >= 0.3 is 12.0 Å². The number of carboxylic acid groups (broad SMARTS) is 1.